The van der Waals surface area contributed by atoms with Gasteiger partial charge >= 0.3 is 0 Å². The van der Waals surface area contributed by atoms with E-state index in [2.05, 4.69) is 25.7 Å². The molecule has 1 heterocycles. The van der Waals surface area contributed by atoms with Gasteiger partial charge in [-0.3, -0.25) is 4.90 Å². The molecular formula is C12H26N2O. The molecular weight excluding hydrogens is 188 g/mol. The van der Waals surface area contributed by atoms with E-state index in [4.69, 9.17) is 10.5 Å². The zero-order valence-electron chi connectivity index (χ0n) is 10.4. The Morgan fingerprint density at radius 1 is 1.53 bits per heavy atom. The average molecular weight is 214 g/mol. The minimum atomic E-state index is 0.306. The largest absolute Gasteiger partial charge is 0.377 e. The van der Waals surface area contributed by atoms with E-state index in [1.807, 2.05) is 0 Å². The average Bonchev–Trinajstić information content (AvgIpc) is 2.41. The van der Waals surface area contributed by atoms with Gasteiger partial charge in [0.25, 0.3) is 0 Å². The lowest BCUT2D eigenvalue weighted by molar-refractivity contribution is 0.0661. The van der Waals surface area contributed by atoms with Crippen molar-refractivity contribution in [3.63, 3.8) is 0 Å². The van der Waals surface area contributed by atoms with E-state index in [0.29, 0.717) is 18.1 Å². The van der Waals surface area contributed by atoms with Crippen LogP contribution in [0, 0.1) is 5.92 Å². The summed E-state index contributed by atoms with van der Waals surface area (Å²) >= 11 is 0. The zero-order valence-corrected chi connectivity index (χ0v) is 10.4. The van der Waals surface area contributed by atoms with Crippen LogP contribution in [0.15, 0.2) is 0 Å². The highest BCUT2D eigenvalue weighted by atomic mass is 16.5. The summed E-state index contributed by atoms with van der Waals surface area (Å²) in [6, 6.07) is 0.306. The summed E-state index contributed by atoms with van der Waals surface area (Å²) in [7, 11) is 0. The van der Waals surface area contributed by atoms with Gasteiger partial charge in [-0.25, -0.2) is 0 Å². The molecule has 0 aliphatic carbocycles. The Labute approximate surface area is 94.0 Å². The summed E-state index contributed by atoms with van der Waals surface area (Å²) in [5.74, 6) is 0.615. The molecule has 0 radical (unpaired) electrons. The standard InChI is InChI=1S/C12H26N2O/c1-4-10(2)12(13)9-14-6-5-7-15-11(3)8-14/h10-12H,4-9,13H2,1-3H3. The molecule has 1 rings (SSSR count). The highest BCUT2D eigenvalue weighted by molar-refractivity contribution is 4.75. The molecule has 3 unspecified atom stereocenters. The predicted molar refractivity (Wildman–Crippen MR) is 63.9 cm³/mol. The van der Waals surface area contributed by atoms with Crippen LogP contribution in [0.5, 0.6) is 0 Å². The van der Waals surface area contributed by atoms with E-state index in [1.165, 1.54) is 6.42 Å². The summed E-state index contributed by atoms with van der Waals surface area (Å²) in [5, 5.41) is 0. The van der Waals surface area contributed by atoms with Gasteiger partial charge in [0.15, 0.2) is 0 Å². The SMILES string of the molecule is CCC(C)C(N)CN1CCCOC(C)C1. The van der Waals surface area contributed by atoms with Crippen LogP contribution in [-0.4, -0.2) is 43.3 Å². The molecule has 2 N–H and O–H groups in total. The van der Waals surface area contributed by atoms with Gasteiger partial charge in [-0.2, -0.15) is 0 Å². The first-order chi connectivity index (χ1) is 7.13. The molecule has 0 spiro atoms. The van der Waals surface area contributed by atoms with Crippen molar-refractivity contribution >= 4 is 0 Å². The third kappa shape index (κ3) is 4.49. The van der Waals surface area contributed by atoms with Gasteiger partial charge in [0.1, 0.15) is 0 Å². The van der Waals surface area contributed by atoms with Gasteiger partial charge in [0.2, 0.25) is 0 Å². The topological polar surface area (TPSA) is 38.5 Å². The fourth-order valence-corrected chi connectivity index (χ4v) is 2.03. The van der Waals surface area contributed by atoms with E-state index in [9.17, 15) is 0 Å². The van der Waals surface area contributed by atoms with Gasteiger partial charge in [-0.1, -0.05) is 20.3 Å². The Morgan fingerprint density at radius 2 is 2.27 bits per heavy atom. The number of hydrogen-bond acceptors (Lipinski definition) is 3. The Balaban J connectivity index is 2.35. The highest BCUT2D eigenvalue weighted by Crippen LogP contribution is 2.10. The number of hydrogen-bond donors (Lipinski definition) is 1. The molecule has 0 bridgehead atoms. The second-order valence-electron chi connectivity index (χ2n) is 4.84. The molecule has 0 aromatic heterocycles. The van der Waals surface area contributed by atoms with Crippen LogP contribution in [-0.2, 0) is 4.74 Å². The van der Waals surface area contributed by atoms with Gasteiger partial charge in [-0.05, 0) is 19.3 Å². The fourth-order valence-electron chi connectivity index (χ4n) is 2.03. The van der Waals surface area contributed by atoms with Gasteiger partial charge in [-0.15, -0.1) is 0 Å². The number of ether oxygens (including phenoxy) is 1. The first-order valence-electron chi connectivity index (χ1n) is 6.23. The lowest BCUT2D eigenvalue weighted by Gasteiger charge is -2.27. The van der Waals surface area contributed by atoms with Crippen LogP contribution in [0.2, 0.25) is 0 Å². The molecule has 1 aliphatic heterocycles. The van der Waals surface area contributed by atoms with Gasteiger partial charge < -0.3 is 10.5 Å². The third-order valence-corrected chi connectivity index (χ3v) is 3.38. The number of nitrogens with two attached hydrogens (primary N) is 1. The first kappa shape index (κ1) is 12.9. The maximum atomic E-state index is 6.17. The smallest absolute Gasteiger partial charge is 0.0673 e. The quantitative estimate of drug-likeness (QED) is 0.770. The molecule has 1 fully saturated rings. The molecule has 15 heavy (non-hydrogen) atoms. The normalized spacial score (nSPS) is 28.4. The summed E-state index contributed by atoms with van der Waals surface area (Å²) in [6.07, 6.45) is 2.66. The number of rotatable bonds is 4. The molecule has 3 nitrogen and oxygen atoms in total. The van der Waals surface area contributed by atoms with Crippen molar-refractivity contribution in [3.8, 4) is 0 Å². The summed E-state index contributed by atoms with van der Waals surface area (Å²) in [4.78, 5) is 2.45. The van der Waals surface area contributed by atoms with Crippen molar-refractivity contribution in [1.29, 1.82) is 0 Å². The minimum absolute atomic E-state index is 0.306. The molecule has 0 amide bonds. The monoisotopic (exact) mass is 214 g/mol. The summed E-state index contributed by atoms with van der Waals surface area (Å²) in [6.45, 7) is 10.7. The molecule has 3 atom stereocenters. The van der Waals surface area contributed by atoms with Gasteiger partial charge in [0.05, 0.1) is 6.10 Å². The van der Waals surface area contributed by atoms with Crippen LogP contribution in [0.3, 0.4) is 0 Å². The van der Waals surface area contributed by atoms with Crippen LogP contribution in [0.25, 0.3) is 0 Å². The second-order valence-corrected chi connectivity index (χ2v) is 4.84. The molecule has 0 aromatic rings. The van der Waals surface area contributed by atoms with Crippen molar-refractivity contribution in [2.45, 2.75) is 45.8 Å². The van der Waals surface area contributed by atoms with E-state index >= 15 is 0 Å². The van der Waals surface area contributed by atoms with Crippen molar-refractivity contribution in [1.82, 2.24) is 4.90 Å². The van der Waals surface area contributed by atoms with Crippen molar-refractivity contribution in [2.75, 3.05) is 26.2 Å². The molecule has 0 saturated carbocycles. The fraction of sp³-hybridized carbons (Fsp3) is 1.00. The molecule has 1 saturated heterocycles. The number of nitrogens with zero attached hydrogens (tertiary/aromatic N) is 1. The lowest BCUT2D eigenvalue weighted by atomic mass is 9.99. The lowest BCUT2D eigenvalue weighted by Crippen LogP contribution is -2.43. The highest BCUT2D eigenvalue weighted by Gasteiger charge is 2.19. The minimum Gasteiger partial charge on any atom is -0.377 e. The third-order valence-electron chi connectivity index (χ3n) is 3.38. The summed E-state index contributed by atoms with van der Waals surface area (Å²) < 4.78 is 5.62. The molecule has 90 valence electrons. The maximum Gasteiger partial charge on any atom is 0.0673 e. The molecule has 3 heteroatoms. The van der Waals surface area contributed by atoms with Crippen LogP contribution in [0.1, 0.15) is 33.6 Å². The Hall–Kier alpha value is -0.120. The van der Waals surface area contributed by atoms with Crippen molar-refractivity contribution < 1.29 is 4.74 Å². The van der Waals surface area contributed by atoms with Gasteiger partial charge in [0, 0.05) is 32.3 Å². The Bertz CT molecular complexity index is 175. The van der Waals surface area contributed by atoms with Crippen molar-refractivity contribution in [2.24, 2.45) is 11.7 Å². The second kappa shape index (κ2) is 6.46. The van der Waals surface area contributed by atoms with Crippen molar-refractivity contribution in [3.05, 3.63) is 0 Å². The van der Waals surface area contributed by atoms with E-state index in [-0.39, 0.29) is 0 Å². The zero-order chi connectivity index (χ0) is 11.3. The predicted octanol–water partition coefficient (Wildman–Crippen LogP) is 1.47. The molecule has 1 aliphatic rings. The van der Waals surface area contributed by atoms with Crippen LogP contribution < -0.4 is 5.73 Å². The summed E-state index contributed by atoms with van der Waals surface area (Å²) in [5.41, 5.74) is 6.17. The van der Waals surface area contributed by atoms with E-state index < -0.39 is 0 Å². The Morgan fingerprint density at radius 3 is 2.93 bits per heavy atom. The maximum absolute atomic E-state index is 6.17. The van der Waals surface area contributed by atoms with Crippen LogP contribution >= 0.6 is 0 Å². The van der Waals surface area contributed by atoms with Crippen LogP contribution in [0.4, 0.5) is 0 Å². The first-order valence-corrected chi connectivity index (χ1v) is 6.23. The van der Waals surface area contributed by atoms with E-state index in [1.54, 1.807) is 0 Å². The van der Waals surface area contributed by atoms with E-state index in [0.717, 1.165) is 32.7 Å². The molecule has 0 aromatic carbocycles. The Kier molecular flexibility index (Phi) is 5.58.